The molecule has 0 fully saturated rings. The quantitative estimate of drug-likeness (QED) is 0.181. The molecule has 2 aromatic rings. The number of aromatic nitrogens is 2. The van der Waals surface area contributed by atoms with E-state index in [1.807, 2.05) is 0 Å². The van der Waals surface area contributed by atoms with Gasteiger partial charge in [0, 0.05) is 18.6 Å². The van der Waals surface area contributed by atoms with Crippen molar-refractivity contribution in [3.8, 4) is 0 Å². The molecule has 9 heteroatoms. The van der Waals surface area contributed by atoms with Crippen LogP contribution < -0.4 is 4.57 Å². The molecule has 150 valence electrons. The number of carbonyl (C=O) groups is 4. The van der Waals surface area contributed by atoms with Crippen molar-refractivity contribution in [3.05, 3.63) is 71.3 Å². The number of methoxy groups -OCH3 is 2. The molecule has 0 spiro atoms. The van der Waals surface area contributed by atoms with Gasteiger partial charge >= 0.3 is 17.9 Å². The number of carboxylic acids is 1. The van der Waals surface area contributed by atoms with Crippen LogP contribution in [0.4, 0.5) is 0 Å². The zero-order chi connectivity index (χ0) is 21.6. The average Bonchev–Trinajstić information content (AvgIpc) is 2.73. The highest BCUT2D eigenvalue weighted by Crippen LogP contribution is 2.24. The lowest BCUT2D eigenvalue weighted by Gasteiger charge is -2.18. The zero-order valence-corrected chi connectivity index (χ0v) is 16.0. The van der Waals surface area contributed by atoms with Crippen LogP contribution in [0.1, 0.15) is 22.1 Å². The topological polar surface area (TPSA) is 124 Å². The first kappa shape index (κ1) is 21.4. The molecule has 9 nitrogen and oxygen atoms in total. The maximum atomic E-state index is 13.3. The van der Waals surface area contributed by atoms with E-state index in [0.717, 1.165) is 14.2 Å². The standard InChI is InChI=1S/C20H18N2O7/c1-12-9-10-22(11-21-12)16(17(23)13-7-5-4-6-8-13)14(19(26)28-2)15(18(24)25)20(27)29-3/h4-11,16H,1-3H3/p+1/b15-14-. The summed E-state index contributed by atoms with van der Waals surface area (Å²) in [5.74, 6) is -4.81. The van der Waals surface area contributed by atoms with Gasteiger partial charge in [-0.3, -0.25) is 4.79 Å². The van der Waals surface area contributed by atoms with Gasteiger partial charge in [-0.1, -0.05) is 35.3 Å². The van der Waals surface area contributed by atoms with Crippen molar-refractivity contribution in [1.82, 2.24) is 4.98 Å². The molecule has 29 heavy (non-hydrogen) atoms. The Labute approximate surface area is 166 Å². The molecular formula is C20H19N2O7+. The number of esters is 2. The van der Waals surface area contributed by atoms with Gasteiger partial charge in [-0.15, -0.1) is 0 Å². The molecule has 2 rings (SSSR count). The minimum Gasteiger partial charge on any atom is -0.477 e. The number of carboxylic acid groups (broad SMARTS) is 1. The third kappa shape index (κ3) is 4.70. The molecule has 1 N–H and O–H groups in total. The van der Waals surface area contributed by atoms with Crippen LogP contribution in [0.3, 0.4) is 0 Å². The zero-order valence-electron chi connectivity index (χ0n) is 16.0. The molecular weight excluding hydrogens is 380 g/mol. The first-order valence-corrected chi connectivity index (χ1v) is 8.38. The largest absolute Gasteiger partial charge is 0.477 e. The van der Waals surface area contributed by atoms with E-state index in [4.69, 9.17) is 4.74 Å². The molecule has 0 bridgehead atoms. The number of ether oxygens (including phenoxy) is 2. The number of ketones is 1. The summed E-state index contributed by atoms with van der Waals surface area (Å²) in [7, 11) is 1.98. The SMILES string of the molecule is COC(=O)/C(C(=O)O)=C(\C(=O)OC)C(C(=O)c1ccccc1)[n+]1ccc(C)nc1. The number of aliphatic carboxylic acids is 1. The van der Waals surface area contributed by atoms with E-state index >= 15 is 0 Å². The second kappa shape index (κ2) is 9.36. The van der Waals surface area contributed by atoms with Crippen molar-refractivity contribution in [2.24, 2.45) is 0 Å². The van der Waals surface area contributed by atoms with Crippen LogP contribution in [-0.2, 0) is 23.9 Å². The molecule has 1 heterocycles. The van der Waals surface area contributed by atoms with Gasteiger partial charge in [0.25, 0.3) is 6.33 Å². The highest BCUT2D eigenvalue weighted by atomic mass is 16.5. The van der Waals surface area contributed by atoms with E-state index in [2.05, 4.69) is 9.72 Å². The number of hydrogen-bond acceptors (Lipinski definition) is 7. The van der Waals surface area contributed by atoms with Crippen LogP contribution in [-0.4, -0.2) is 48.0 Å². The number of nitrogens with zero attached hydrogens (tertiary/aromatic N) is 2. The summed E-state index contributed by atoms with van der Waals surface area (Å²) in [4.78, 5) is 53.9. The minimum atomic E-state index is -1.73. The van der Waals surface area contributed by atoms with E-state index in [9.17, 15) is 24.3 Å². The van der Waals surface area contributed by atoms with Crippen molar-refractivity contribution in [3.63, 3.8) is 0 Å². The van der Waals surface area contributed by atoms with Crippen molar-refractivity contribution >= 4 is 23.7 Å². The van der Waals surface area contributed by atoms with E-state index in [-0.39, 0.29) is 5.56 Å². The van der Waals surface area contributed by atoms with Crippen LogP contribution >= 0.6 is 0 Å². The second-order valence-electron chi connectivity index (χ2n) is 5.86. The fourth-order valence-electron chi connectivity index (χ4n) is 2.64. The Balaban J connectivity index is 2.85. The number of Topliss-reactive ketones (excluding diaryl/α,β-unsaturated/α-hetero) is 1. The van der Waals surface area contributed by atoms with Crippen molar-refractivity contribution in [1.29, 1.82) is 0 Å². The highest BCUT2D eigenvalue weighted by Gasteiger charge is 2.41. The predicted molar refractivity (Wildman–Crippen MR) is 97.7 cm³/mol. The van der Waals surface area contributed by atoms with E-state index < -0.39 is 40.9 Å². The van der Waals surface area contributed by atoms with Gasteiger partial charge in [0.15, 0.2) is 17.3 Å². The molecule has 0 saturated heterocycles. The first-order valence-electron chi connectivity index (χ1n) is 8.38. The van der Waals surface area contributed by atoms with Crippen molar-refractivity contribution < 1.29 is 38.3 Å². The summed E-state index contributed by atoms with van der Waals surface area (Å²) in [6.07, 6.45) is 2.72. The van der Waals surface area contributed by atoms with Crippen LogP contribution in [0.2, 0.25) is 0 Å². The average molecular weight is 399 g/mol. The van der Waals surface area contributed by atoms with Gasteiger partial charge < -0.3 is 14.6 Å². The summed E-state index contributed by atoms with van der Waals surface area (Å²) in [6, 6.07) is 7.98. The fourth-order valence-corrected chi connectivity index (χ4v) is 2.64. The number of aryl methyl sites for hydroxylation is 1. The third-order valence-corrected chi connectivity index (χ3v) is 4.04. The van der Waals surface area contributed by atoms with Gasteiger partial charge in [-0.05, 0) is 0 Å². The molecule has 1 atom stereocenters. The molecule has 0 aliphatic rings. The van der Waals surface area contributed by atoms with Gasteiger partial charge in [-0.25, -0.2) is 19.0 Å². The lowest BCUT2D eigenvalue weighted by molar-refractivity contribution is -0.702. The number of rotatable bonds is 7. The Hall–Kier alpha value is -3.88. The molecule has 0 radical (unpaired) electrons. The number of carbonyl (C=O) groups excluding carboxylic acids is 3. The highest BCUT2D eigenvalue weighted by molar-refractivity contribution is 6.20. The Bertz CT molecular complexity index is 966. The lowest BCUT2D eigenvalue weighted by Crippen LogP contribution is -2.48. The Morgan fingerprint density at radius 3 is 2.10 bits per heavy atom. The molecule has 1 unspecified atom stereocenters. The van der Waals surface area contributed by atoms with E-state index in [0.29, 0.717) is 5.69 Å². The summed E-state index contributed by atoms with van der Waals surface area (Å²) < 4.78 is 10.5. The monoisotopic (exact) mass is 399 g/mol. The summed E-state index contributed by atoms with van der Waals surface area (Å²) >= 11 is 0. The summed E-state index contributed by atoms with van der Waals surface area (Å²) in [5.41, 5.74) is -0.846. The maximum absolute atomic E-state index is 13.3. The van der Waals surface area contributed by atoms with Crippen LogP contribution in [0.15, 0.2) is 60.1 Å². The van der Waals surface area contributed by atoms with E-state index in [1.165, 1.54) is 29.2 Å². The van der Waals surface area contributed by atoms with Crippen molar-refractivity contribution in [2.45, 2.75) is 13.0 Å². The minimum absolute atomic E-state index is 0.196. The fraction of sp³-hybridized carbons (Fsp3) is 0.200. The predicted octanol–water partition coefficient (Wildman–Crippen LogP) is 0.829. The molecule has 0 aliphatic carbocycles. The van der Waals surface area contributed by atoms with Crippen LogP contribution in [0.25, 0.3) is 0 Å². The summed E-state index contributed by atoms with van der Waals surface area (Å²) in [6.45, 7) is 1.71. The number of benzene rings is 1. The van der Waals surface area contributed by atoms with Crippen molar-refractivity contribution in [2.75, 3.05) is 14.2 Å². The molecule has 1 aromatic heterocycles. The second-order valence-corrected chi connectivity index (χ2v) is 5.86. The van der Waals surface area contributed by atoms with Gasteiger partial charge in [0.2, 0.25) is 5.78 Å². The third-order valence-electron chi connectivity index (χ3n) is 4.04. The Morgan fingerprint density at radius 2 is 1.62 bits per heavy atom. The normalized spacial score (nSPS) is 12.4. The molecule has 0 aliphatic heterocycles. The van der Waals surface area contributed by atoms with Gasteiger partial charge in [0.05, 0.1) is 20.4 Å². The maximum Gasteiger partial charge on any atom is 0.346 e. The van der Waals surface area contributed by atoms with Crippen LogP contribution in [0.5, 0.6) is 0 Å². The summed E-state index contributed by atoms with van der Waals surface area (Å²) in [5, 5.41) is 9.58. The Kier molecular flexibility index (Phi) is 6.91. The van der Waals surface area contributed by atoms with Gasteiger partial charge in [0.1, 0.15) is 5.57 Å². The molecule has 0 saturated carbocycles. The molecule has 1 aromatic carbocycles. The van der Waals surface area contributed by atoms with Crippen LogP contribution in [0, 0.1) is 6.92 Å². The smallest absolute Gasteiger partial charge is 0.346 e. The first-order chi connectivity index (χ1) is 13.8. The number of hydrogen-bond donors (Lipinski definition) is 1. The van der Waals surface area contributed by atoms with Gasteiger partial charge in [-0.2, -0.15) is 0 Å². The van der Waals surface area contributed by atoms with E-state index in [1.54, 1.807) is 31.2 Å². The lowest BCUT2D eigenvalue weighted by atomic mass is 9.93. The Morgan fingerprint density at radius 1 is 1.00 bits per heavy atom. The molecule has 0 amide bonds.